The first-order valence-electron chi connectivity index (χ1n) is 11.0. The molecule has 178 valence electrons. The first-order valence-corrected chi connectivity index (χ1v) is 11.0. The number of β-amino-alcohol motifs (C(OH)–C–C–N with tert-alkyl or cyclic N) is 1. The number of anilines is 2. The maximum absolute atomic E-state index is 13.3. The fourth-order valence-corrected chi connectivity index (χ4v) is 4.22. The van der Waals surface area contributed by atoms with Crippen LogP contribution < -0.4 is 9.80 Å². The number of aromatic nitrogens is 2. The van der Waals surface area contributed by atoms with Gasteiger partial charge in [-0.15, -0.1) is 10.2 Å². The molecule has 1 aromatic carbocycles. The molecule has 2 saturated heterocycles. The normalized spacial score (nSPS) is 18.0. The smallest absolute Gasteiger partial charge is 0.395 e. The second kappa shape index (κ2) is 9.92. The van der Waals surface area contributed by atoms with Gasteiger partial charge in [-0.3, -0.25) is 9.69 Å². The molecule has 0 bridgehead atoms. The molecule has 0 aliphatic carbocycles. The molecule has 0 saturated carbocycles. The van der Waals surface area contributed by atoms with Gasteiger partial charge in [-0.25, -0.2) is 0 Å². The van der Waals surface area contributed by atoms with Crippen molar-refractivity contribution in [1.82, 2.24) is 20.0 Å². The highest BCUT2D eigenvalue weighted by Gasteiger charge is 2.36. The number of benzene rings is 1. The van der Waals surface area contributed by atoms with Gasteiger partial charge in [-0.2, -0.15) is 13.2 Å². The molecule has 2 fully saturated rings. The number of carbonyl (C=O) groups excluding carboxylic acids is 1. The molecule has 1 N–H and O–H groups in total. The number of piperazine rings is 2. The zero-order valence-corrected chi connectivity index (χ0v) is 18.2. The third-order valence-electron chi connectivity index (χ3n) is 6.10. The Morgan fingerprint density at radius 1 is 0.848 bits per heavy atom. The fraction of sp³-hybridized carbons (Fsp3) is 0.500. The van der Waals surface area contributed by atoms with Crippen LogP contribution >= 0.6 is 0 Å². The quantitative estimate of drug-likeness (QED) is 0.720. The number of nitrogens with zero attached hydrogens (tertiary/aromatic N) is 6. The lowest BCUT2D eigenvalue weighted by Gasteiger charge is -2.36. The van der Waals surface area contributed by atoms with Crippen molar-refractivity contribution in [1.29, 1.82) is 0 Å². The Morgan fingerprint density at radius 2 is 1.39 bits per heavy atom. The van der Waals surface area contributed by atoms with Crippen molar-refractivity contribution in [3.8, 4) is 0 Å². The Morgan fingerprint density at radius 3 is 1.91 bits per heavy atom. The first kappa shape index (κ1) is 23.2. The lowest BCUT2D eigenvalue weighted by atomic mass is 10.1. The van der Waals surface area contributed by atoms with Gasteiger partial charge in [0, 0.05) is 58.9 Å². The standard InChI is InChI=1S/C22H27F3N6O2/c23-22(24,25)18-4-2-1-3-17(18)21(33)31-13-11-30(12-14-31)20-6-5-19(26-27-20)29-9-7-28(8-10-29)15-16-32/h1-6,32H,7-16H2. The number of halogens is 3. The molecular weight excluding hydrogens is 437 g/mol. The molecule has 0 unspecified atom stereocenters. The zero-order chi connectivity index (χ0) is 23.4. The van der Waals surface area contributed by atoms with Crippen LogP contribution in [0.1, 0.15) is 15.9 Å². The molecular formula is C22H27F3N6O2. The van der Waals surface area contributed by atoms with E-state index >= 15 is 0 Å². The highest BCUT2D eigenvalue weighted by Crippen LogP contribution is 2.32. The Labute approximate surface area is 190 Å². The molecule has 33 heavy (non-hydrogen) atoms. The minimum atomic E-state index is -4.57. The molecule has 2 aliphatic heterocycles. The van der Waals surface area contributed by atoms with Gasteiger partial charge in [-0.05, 0) is 24.3 Å². The Kier molecular flexibility index (Phi) is 6.99. The molecule has 11 heteroatoms. The fourth-order valence-electron chi connectivity index (χ4n) is 4.22. The van der Waals surface area contributed by atoms with Crippen molar-refractivity contribution in [2.45, 2.75) is 6.18 Å². The van der Waals surface area contributed by atoms with Crippen molar-refractivity contribution in [3.05, 3.63) is 47.5 Å². The third-order valence-corrected chi connectivity index (χ3v) is 6.10. The van der Waals surface area contributed by atoms with Gasteiger partial charge in [-0.1, -0.05) is 12.1 Å². The summed E-state index contributed by atoms with van der Waals surface area (Å²) in [5.41, 5.74) is -1.22. The highest BCUT2D eigenvalue weighted by molar-refractivity contribution is 5.96. The number of rotatable bonds is 5. The largest absolute Gasteiger partial charge is 0.417 e. The Balaban J connectivity index is 1.34. The second-order valence-corrected chi connectivity index (χ2v) is 8.12. The third kappa shape index (κ3) is 5.36. The van der Waals surface area contributed by atoms with Gasteiger partial charge >= 0.3 is 6.18 Å². The van der Waals surface area contributed by atoms with Crippen LogP contribution in [0.25, 0.3) is 0 Å². The Bertz CT molecular complexity index is 940. The average molecular weight is 464 g/mol. The molecule has 8 nitrogen and oxygen atoms in total. The highest BCUT2D eigenvalue weighted by atomic mass is 19.4. The summed E-state index contributed by atoms with van der Waals surface area (Å²) in [7, 11) is 0. The molecule has 2 aliphatic rings. The van der Waals surface area contributed by atoms with Gasteiger partial charge < -0.3 is 19.8 Å². The molecule has 0 spiro atoms. The average Bonchev–Trinajstić information content (AvgIpc) is 2.84. The summed E-state index contributed by atoms with van der Waals surface area (Å²) < 4.78 is 39.8. The lowest BCUT2D eigenvalue weighted by molar-refractivity contribution is -0.138. The van der Waals surface area contributed by atoms with E-state index < -0.39 is 17.6 Å². The SMILES string of the molecule is O=C(c1ccccc1C(F)(F)F)N1CCN(c2ccc(N3CCN(CCO)CC3)nn2)CC1. The van der Waals surface area contributed by atoms with Gasteiger partial charge in [0.25, 0.3) is 5.91 Å². The van der Waals surface area contributed by atoms with Crippen LogP contribution in [-0.2, 0) is 6.18 Å². The minimum Gasteiger partial charge on any atom is -0.395 e. The Hall–Kier alpha value is -2.92. The zero-order valence-electron chi connectivity index (χ0n) is 18.2. The number of aliphatic hydroxyl groups is 1. The van der Waals surface area contributed by atoms with Crippen molar-refractivity contribution < 1.29 is 23.1 Å². The van der Waals surface area contributed by atoms with Gasteiger partial charge in [0.15, 0.2) is 11.6 Å². The van der Waals surface area contributed by atoms with Gasteiger partial charge in [0.05, 0.1) is 17.7 Å². The van der Waals surface area contributed by atoms with Crippen molar-refractivity contribution >= 4 is 17.5 Å². The summed E-state index contributed by atoms with van der Waals surface area (Å²) in [5.74, 6) is 0.866. The molecule has 0 atom stereocenters. The predicted octanol–water partition coefficient (Wildman–Crippen LogP) is 1.57. The van der Waals surface area contributed by atoms with Gasteiger partial charge in [0.1, 0.15) is 0 Å². The van der Waals surface area contributed by atoms with Crippen LogP contribution in [-0.4, -0.2) is 96.5 Å². The number of hydrogen-bond acceptors (Lipinski definition) is 7. The van der Waals surface area contributed by atoms with Gasteiger partial charge in [0.2, 0.25) is 0 Å². The number of carbonyl (C=O) groups is 1. The monoisotopic (exact) mass is 464 g/mol. The number of amides is 1. The first-order chi connectivity index (χ1) is 15.9. The van der Waals surface area contributed by atoms with E-state index in [2.05, 4.69) is 20.0 Å². The van der Waals surface area contributed by atoms with Crippen LogP contribution in [0.4, 0.5) is 24.8 Å². The minimum absolute atomic E-state index is 0.155. The molecule has 1 amide bonds. The van der Waals surface area contributed by atoms with Crippen molar-refractivity contribution in [3.63, 3.8) is 0 Å². The summed E-state index contributed by atoms with van der Waals surface area (Å²) in [6.07, 6.45) is -4.57. The van der Waals surface area contributed by atoms with Crippen LogP contribution in [0.15, 0.2) is 36.4 Å². The predicted molar refractivity (Wildman–Crippen MR) is 117 cm³/mol. The van der Waals surface area contributed by atoms with Crippen LogP contribution in [0, 0.1) is 0 Å². The summed E-state index contributed by atoms with van der Waals surface area (Å²) in [6.45, 7) is 5.72. The number of hydrogen-bond donors (Lipinski definition) is 1. The molecule has 0 radical (unpaired) electrons. The summed E-state index contributed by atoms with van der Waals surface area (Å²) in [5, 5.41) is 17.7. The lowest BCUT2D eigenvalue weighted by Crippen LogP contribution is -2.49. The van der Waals surface area contributed by atoms with Crippen LogP contribution in [0.2, 0.25) is 0 Å². The van der Waals surface area contributed by atoms with E-state index in [4.69, 9.17) is 5.11 Å². The van der Waals surface area contributed by atoms with E-state index in [1.165, 1.54) is 23.1 Å². The van der Waals surface area contributed by atoms with Crippen LogP contribution in [0.3, 0.4) is 0 Å². The topological polar surface area (TPSA) is 76.0 Å². The summed E-state index contributed by atoms with van der Waals surface area (Å²) in [6, 6.07) is 8.70. The van der Waals surface area contributed by atoms with E-state index in [1.54, 1.807) is 0 Å². The summed E-state index contributed by atoms with van der Waals surface area (Å²) >= 11 is 0. The van der Waals surface area contributed by atoms with Crippen molar-refractivity contribution in [2.75, 3.05) is 75.3 Å². The maximum Gasteiger partial charge on any atom is 0.417 e. The van der Waals surface area contributed by atoms with Crippen molar-refractivity contribution in [2.24, 2.45) is 0 Å². The molecule has 1 aromatic heterocycles. The van der Waals surface area contributed by atoms with Crippen LogP contribution in [0.5, 0.6) is 0 Å². The van der Waals surface area contributed by atoms with E-state index in [1.807, 2.05) is 17.0 Å². The number of aliphatic hydroxyl groups excluding tert-OH is 1. The summed E-state index contributed by atoms with van der Waals surface area (Å²) in [4.78, 5) is 20.5. The maximum atomic E-state index is 13.3. The van der Waals surface area contributed by atoms with E-state index in [-0.39, 0.29) is 12.2 Å². The van der Waals surface area contributed by atoms with E-state index in [0.717, 1.165) is 38.1 Å². The second-order valence-electron chi connectivity index (χ2n) is 8.12. The molecule has 3 heterocycles. The van der Waals surface area contributed by atoms with E-state index in [0.29, 0.717) is 38.5 Å². The van der Waals surface area contributed by atoms with E-state index in [9.17, 15) is 18.0 Å². The molecule has 4 rings (SSSR count). The number of alkyl halides is 3. The molecule has 2 aromatic rings.